The zero-order chi connectivity index (χ0) is 16.1. The van der Waals surface area contributed by atoms with Gasteiger partial charge in [-0.1, -0.05) is 17.8 Å². The van der Waals surface area contributed by atoms with E-state index in [2.05, 4.69) is 9.97 Å². The Labute approximate surface area is 129 Å². The number of rotatable bonds is 5. The van der Waals surface area contributed by atoms with Crippen molar-refractivity contribution in [2.24, 2.45) is 5.73 Å². The molecule has 0 aliphatic rings. The van der Waals surface area contributed by atoms with Crippen molar-refractivity contribution in [3.63, 3.8) is 0 Å². The van der Waals surface area contributed by atoms with Crippen molar-refractivity contribution in [3.8, 4) is 17.2 Å². The summed E-state index contributed by atoms with van der Waals surface area (Å²) >= 11 is 0.987. The molecule has 0 aliphatic carbocycles. The van der Waals surface area contributed by atoms with Crippen LogP contribution in [-0.4, -0.2) is 32.7 Å². The van der Waals surface area contributed by atoms with Gasteiger partial charge >= 0.3 is 5.97 Å². The van der Waals surface area contributed by atoms with Crippen LogP contribution in [0.1, 0.15) is 15.9 Å². The molecule has 0 bridgehead atoms. The summed E-state index contributed by atoms with van der Waals surface area (Å²) in [5.41, 5.74) is 5.78. The average molecular weight is 314 g/mol. The summed E-state index contributed by atoms with van der Waals surface area (Å²) in [6.07, 6.45) is 4.17. The van der Waals surface area contributed by atoms with Crippen LogP contribution in [0.2, 0.25) is 0 Å². The van der Waals surface area contributed by atoms with Crippen molar-refractivity contribution in [1.29, 1.82) is 5.26 Å². The standard InChI is InChI=1S/C14H10N4O3S/c15-4-9-12(8-2-1-3-17-5-8)10(14(20)21)6-18-13(9)22-7-11(16)19/h1-3,5-6H,7H2,(H2,16,19)(H,20,21). The molecular formula is C14H10N4O3S. The second-order valence-electron chi connectivity index (χ2n) is 4.14. The lowest BCUT2D eigenvalue weighted by atomic mass is 9.98. The average Bonchev–Trinajstić information content (AvgIpc) is 2.52. The smallest absolute Gasteiger partial charge is 0.337 e. The van der Waals surface area contributed by atoms with Crippen LogP contribution in [0.3, 0.4) is 0 Å². The highest BCUT2D eigenvalue weighted by atomic mass is 32.2. The summed E-state index contributed by atoms with van der Waals surface area (Å²) in [6.45, 7) is 0. The monoisotopic (exact) mass is 314 g/mol. The van der Waals surface area contributed by atoms with Crippen molar-refractivity contribution in [1.82, 2.24) is 9.97 Å². The van der Waals surface area contributed by atoms with Crippen molar-refractivity contribution >= 4 is 23.6 Å². The number of amides is 1. The molecule has 0 saturated carbocycles. The van der Waals surface area contributed by atoms with Gasteiger partial charge < -0.3 is 10.8 Å². The number of nitriles is 1. The number of pyridine rings is 2. The minimum atomic E-state index is -1.20. The summed E-state index contributed by atoms with van der Waals surface area (Å²) in [6, 6.07) is 5.24. The molecule has 2 aromatic rings. The van der Waals surface area contributed by atoms with Crippen LogP contribution in [0, 0.1) is 11.3 Å². The van der Waals surface area contributed by atoms with Crippen LogP contribution in [0.5, 0.6) is 0 Å². The van der Waals surface area contributed by atoms with E-state index in [4.69, 9.17) is 5.73 Å². The van der Waals surface area contributed by atoms with E-state index in [9.17, 15) is 20.0 Å². The van der Waals surface area contributed by atoms with Crippen LogP contribution in [0.15, 0.2) is 35.7 Å². The number of carboxylic acids is 1. The molecule has 2 heterocycles. The lowest BCUT2D eigenvalue weighted by Gasteiger charge is -2.11. The van der Waals surface area contributed by atoms with Gasteiger partial charge in [-0.05, 0) is 6.07 Å². The lowest BCUT2D eigenvalue weighted by Crippen LogP contribution is -2.13. The van der Waals surface area contributed by atoms with Gasteiger partial charge in [0.25, 0.3) is 0 Å². The first-order valence-electron chi connectivity index (χ1n) is 6.02. The van der Waals surface area contributed by atoms with Crippen LogP contribution >= 0.6 is 11.8 Å². The molecule has 0 atom stereocenters. The van der Waals surface area contributed by atoms with E-state index in [1.807, 2.05) is 6.07 Å². The Hall–Kier alpha value is -2.92. The molecule has 2 aromatic heterocycles. The van der Waals surface area contributed by atoms with Gasteiger partial charge in [-0.2, -0.15) is 5.26 Å². The Kier molecular flexibility index (Phi) is 4.70. The van der Waals surface area contributed by atoms with Gasteiger partial charge in [-0.25, -0.2) is 9.78 Å². The number of primary amides is 1. The normalized spacial score (nSPS) is 9.95. The first-order valence-corrected chi connectivity index (χ1v) is 7.01. The molecular weight excluding hydrogens is 304 g/mol. The fourth-order valence-corrected chi connectivity index (χ4v) is 2.52. The maximum Gasteiger partial charge on any atom is 0.337 e. The van der Waals surface area contributed by atoms with E-state index in [0.29, 0.717) is 5.56 Å². The van der Waals surface area contributed by atoms with Gasteiger partial charge in [0, 0.05) is 29.7 Å². The van der Waals surface area contributed by atoms with Crippen molar-refractivity contribution in [3.05, 3.63) is 41.9 Å². The molecule has 1 amide bonds. The third-order valence-corrected chi connectivity index (χ3v) is 3.70. The first-order chi connectivity index (χ1) is 10.5. The number of hydrogen-bond acceptors (Lipinski definition) is 6. The Balaban J connectivity index is 2.66. The van der Waals surface area contributed by atoms with Crippen LogP contribution in [-0.2, 0) is 4.79 Å². The number of nitrogens with zero attached hydrogens (tertiary/aromatic N) is 3. The molecule has 0 fully saturated rings. The van der Waals surface area contributed by atoms with Gasteiger partial charge in [0.15, 0.2) is 0 Å². The maximum absolute atomic E-state index is 11.4. The predicted octanol–water partition coefficient (Wildman–Crippen LogP) is 1.29. The van der Waals surface area contributed by atoms with Crippen molar-refractivity contribution < 1.29 is 14.7 Å². The first kappa shape index (κ1) is 15.5. The maximum atomic E-state index is 11.4. The largest absolute Gasteiger partial charge is 0.478 e. The number of thioether (sulfide) groups is 1. The van der Waals surface area contributed by atoms with E-state index in [-0.39, 0.29) is 27.5 Å². The third kappa shape index (κ3) is 3.21. The van der Waals surface area contributed by atoms with E-state index in [0.717, 1.165) is 18.0 Å². The molecule has 0 saturated heterocycles. The minimum absolute atomic E-state index is 0.0550. The molecule has 0 unspecified atom stereocenters. The summed E-state index contributed by atoms with van der Waals surface area (Å²) < 4.78 is 0. The molecule has 3 N–H and O–H groups in total. The van der Waals surface area contributed by atoms with E-state index in [1.54, 1.807) is 18.3 Å². The zero-order valence-corrected chi connectivity index (χ0v) is 12.0. The molecule has 0 radical (unpaired) electrons. The van der Waals surface area contributed by atoms with Crippen LogP contribution in [0.25, 0.3) is 11.1 Å². The fourth-order valence-electron chi connectivity index (χ4n) is 1.82. The molecule has 110 valence electrons. The number of carboxylic acid groups (broad SMARTS) is 1. The number of nitrogens with two attached hydrogens (primary N) is 1. The van der Waals surface area contributed by atoms with Crippen molar-refractivity contribution in [2.45, 2.75) is 5.03 Å². The molecule has 22 heavy (non-hydrogen) atoms. The highest BCUT2D eigenvalue weighted by Gasteiger charge is 2.21. The Morgan fingerprint density at radius 1 is 1.41 bits per heavy atom. The molecule has 7 nitrogen and oxygen atoms in total. The molecule has 0 aromatic carbocycles. The topological polar surface area (TPSA) is 130 Å². The third-order valence-electron chi connectivity index (χ3n) is 2.69. The Morgan fingerprint density at radius 3 is 2.73 bits per heavy atom. The Bertz CT molecular complexity index is 772. The molecule has 0 spiro atoms. The van der Waals surface area contributed by atoms with Gasteiger partial charge in [0.05, 0.1) is 16.9 Å². The second-order valence-corrected chi connectivity index (χ2v) is 5.10. The SMILES string of the molecule is N#Cc1c(SCC(N)=O)ncc(C(=O)O)c1-c1cccnc1. The summed E-state index contributed by atoms with van der Waals surface area (Å²) in [5.74, 6) is -1.81. The van der Waals surface area contributed by atoms with Gasteiger partial charge in [-0.15, -0.1) is 0 Å². The number of carbonyl (C=O) groups excluding carboxylic acids is 1. The number of carbonyl (C=O) groups is 2. The fraction of sp³-hybridized carbons (Fsp3) is 0.0714. The lowest BCUT2D eigenvalue weighted by molar-refractivity contribution is -0.115. The summed E-state index contributed by atoms with van der Waals surface area (Å²) in [4.78, 5) is 30.2. The Morgan fingerprint density at radius 2 is 2.18 bits per heavy atom. The predicted molar refractivity (Wildman–Crippen MR) is 79.1 cm³/mol. The molecule has 8 heteroatoms. The zero-order valence-electron chi connectivity index (χ0n) is 11.2. The number of aromatic nitrogens is 2. The van der Waals surface area contributed by atoms with Gasteiger partial charge in [0.2, 0.25) is 5.91 Å². The van der Waals surface area contributed by atoms with E-state index in [1.165, 1.54) is 6.20 Å². The second kappa shape index (κ2) is 6.69. The molecule has 0 aliphatic heterocycles. The highest BCUT2D eigenvalue weighted by Crippen LogP contribution is 2.32. The number of aromatic carboxylic acids is 1. The highest BCUT2D eigenvalue weighted by molar-refractivity contribution is 8.00. The summed E-state index contributed by atoms with van der Waals surface area (Å²) in [7, 11) is 0. The minimum Gasteiger partial charge on any atom is -0.478 e. The van der Waals surface area contributed by atoms with Gasteiger partial charge in [0.1, 0.15) is 11.1 Å². The van der Waals surface area contributed by atoms with Gasteiger partial charge in [-0.3, -0.25) is 9.78 Å². The number of hydrogen-bond donors (Lipinski definition) is 2. The quantitative estimate of drug-likeness (QED) is 0.795. The van der Waals surface area contributed by atoms with E-state index >= 15 is 0 Å². The summed E-state index contributed by atoms with van der Waals surface area (Å²) in [5, 5.41) is 19.0. The molecule has 2 rings (SSSR count). The van der Waals surface area contributed by atoms with E-state index < -0.39 is 11.9 Å². The van der Waals surface area contributed by atoms with Crippen molar-refractivity contribution in [2.75, 3.05) is 5.75 Å². The van der Waals surface area contributed by atoms with Crippen LogP contribution < -0.4 is 5.73 Å². The van der Waals surface area contributed by atoms with Crippen LogP contribution in [0.4, 0.5) is 0 Å².